The Balaban J connectivity index is 2.51. The molecule has 0 amide bonds. The van der Waals surface area contributed by atoms with Crippen molar-refractivity contribution in [3.63, 3.8) is 0 Å². The molecule has 0 aliphatic carbocycles. The summed E-state index contributed by atoms with van der Waals surface area (Å²) in [6.45, 7) is 4.05. The molecule has 0 aromatic rings. The van der Waals surface area contributed by atoms with E-state index in [0.29, 0.717) is 11.8 Å². The van der Waals surface area contributed by atoms with Gasteiger partial charge in [-0.3, -0.25) is 9.79 Å². The molecule has 0 radical (unpaired) electrons. The van der Waals surface area contributed by atoms with Gasteiger partial charge in [0.25, 0.3) is 0 Å². The minimum absolute atomic E-state index is 0.0611. The molecule has 12 heavy (non-hydrogen) atoms. The van der Waals surface area contributed by atoms with Crippen LogP contribution in [0.5, 0.6) is 0 Å². The van der Waals surface area contributed by atoms with E-state index in [-0.39, 0.29) is 17.3 Å². The fourth-order valence-corrected chi connectivity index (χ4v) is 1.91. The molecular weight excluding hydrogens is 176 g/mol. The number of hydrogen-bond donors (Lipinski definition) is 1. The van der Waals surface area contributed by atoms with Gasteiger partial charge in [0.2, 0.25) is 0 Å². The quantitative estimate of drug-likeness (QED) is 0.636. The van der Waals surface area contributed by atoms with E-state index in [1.165, 1.54) is 11.8 Å². The second kappa shape index (κ2) is 3.80. The van der Waals surface area contributed by atoms with Gasteiger partial charge in [0.15, 0.2) is 5.17 Å². The van der Waals surface area contributed by atoms with Crippen LogP contribution in [-0.2, 0) is 9.53 Å². The number of ether oxygens (including phenoxy) is 1. The summed E-state index contributed by atoms with van der Waals surface area (Å²) in [6.07, 6.45) is 0. The summed E-state index contributed by atoms with van der Waals surface area (Å²) >= 11 is 1.27. The number of amidine groups is 1. The van der Waals surface area contributed by atoms with Crippen LogP contribution in [0.4, 0.5) is 0 Å². The molecule has 1 heterocycles. The maximum atomic E-state index is 11.2. The van der Waals surface area contributed by atoms with Gasteiger partial charge in [0.05, 0.1) is 12.6 Å². The molecule has 0 unspecified atom stereocenters. The standard InChI is InChI=1S/C7H12N2O2S/c1-3-11-6(10)5-4(2)9-7(8)12-5/h4-5H,3H2,1-2H3,(H2,8,9)/t4-,5-/m1/s1. The lowest BCUT2D eigenvalue weighted by Crippen LogP contribution is -2.27. The van der Waals surface area contributed by atoms with Crippen molar-refractivity contribution in [1.29, 1.82) is 0 Å². The third kappa shape index (κ3) is 1.91. The van der Waals surface area contributed by atoms with E-state index in [9.17, 15) is 4.79 Å². The Kier molecular flexibility index (Phi) is 2.97. The monoisotopic (exact) mass is 188 g/mol. The third-order valence-corrected chi connectivity index (χ3v) is 2.72. The number of carbonyl (C=O) groups is 1. The molecule has 0 aromatic heterocycles. The SMILES string of the molecule is CCOC(=O)[C@@H]1SC(N)=N[C@@H]1C. The Morgan fingerprint density at radius 1 is 1.83 bits per heavy atom. The summed E-state index contributed by atoms with van der Waals surface area (Å²) in [5.74, 6) is -0.223. The molecule has 5 heteroatoms. The average molecular weight is 188 g/mol. The van der Waals surface area contributed by atoms with Crippen molar-refractivity contribution in [3.8, 4) is 0 Å². The summed E-state index contributed by atoms with van der Waals surface area (Å²) in [4.78, 5) is 15.3. The van der Waals surface area contributed by atoms with Crippen LogP contribution < -0.4 is 5.73 Å². The zero-order valence-corrected chi connectivity index (χ0v) is 7.93. The number of aliphatic imine (C=N–C) groups is 1. The Bertz CT molecular complexity index is 217. The second-order valence-electron chi connectivity index (χ2n) is 2.50. The summed E-state index contributed by atoms with van der Waals surface area (Å²) in [5.41, 5.74) is 5.45. The maximum Gasteiger partial charge on any atom is 0.321 e. The van der Waals surface area contributed by atoms with Crippen LogP contribution in [0.25, 0.3) is 0 Å². The van der Waals surface area contributed by atoms with E-state index < -0.39 is 0 Å². The van der Waals surface area contributed by atoms with Crippen LogP contribution >= 0.6 is 11.8 Å². The highest BCUT2D eigenvalue weighted by Gasteiger charge is 2.32. The smallest absolute Gasteiger partial charge is 0.321 e. The zero-order valence-electron chi connectivity index (χ0n) is 7.11. The predicted octanol–water partition coefficient (Wildman–Crippen LogP) is 0.368. The van der Waals surface area contributed by atoms with Crippen molar-refractivity contribution in [1.82, 2.24) is 0 Å². The van der Waals surface area contributed by atoms with Gasteiger partial charge < -0.3 is 10.5 Å². The van der Waals surface area contributed by atoms with Crippen molar-refractivity contribution in [2.75, 3.05) is 6.61 Å². The largest absolute Gasteiger partial charge is 0.465 e. The van der Waals surface area contributed by atoms with Crippen molar-refractivity contribution in [2.24, 2.45) is 10.7 Å². The van der Waals surface area contributed by atoms with E-state index in [1.807, 2.05) is 6.92 Å². The highest BCUT2D eigenvalue weighted by molar-refractivity contribution is 8.15. The Labute approximate surface area is 75.6 Å². The summed E-state index contributed by atoms with van der Waals surface area (Å²) in [7, 11) is 0. The normalized spacial score (nSPS) is 28.3. The van der Waals surface area contributed by atoms with Crippen LogP contribution in [-0.4, -0.2) is 29.0 Å². The van der Waals surface area contributed by atoms with E-state index in [4.69, 9.17) is 10.5 Å². The van der Waals surface area contributed by atoms with E-state index in [0.717, 1.165) is 0 Å². The van der Waals surface area contributed by atoms with Crippen LogP contribution in [0.1, 0.15) is 13.8 Å². The fraction of sp³-hybridized carbons (Fsp3) is 0.714. The first-order chi connectivity index (χ1) is 5.65. The van der Waals surface area contributed by atoms with Gasteiger partial charge in [0.1, 0.15) is 5.25 Å². The van der Waals surface area contributed by atoms with Crippen LogP contribution in [0.2, 0.25) is 0 Å². The summed E-state index contributed by atoms with van der Waals surface area (Å²) < 4.78 is 4.86. The van der Waals surface area contributed by atoms with Gasteiger partial charge in [-0.1, -0.05) is 11.8 Å². The first kappa shape index (κ1) is 9.38. The van der Waals surface area contributed by atoms with E-state index in [1.54, 1.807) is 6.92 Å². The van der Waals surface area contributed by atoms with Crippen LogP contribution in [0, 0.1) is 0 Å². The molecule has 4 nitrogen and oxygen atoms in total. The molecule has 2 N–H and O–H groups in total. The molecular formula is C7H12N2O2S. The predicted molar refractivity (Wildman–Crippen MR) is 49.1 cm³/mol. The zero-order chi connectivity index (χ0) is 9.14. The van der Waals surface area contributed by atoms with Crippen molar-refractivity contribution >= 4 is 22.9 Å². The molecule has 2 atom stereocenters. The first-order valence-corrected chi connectivity index (χ1v) is 4.69. The highest BCUT2D eigenvalue weighted by atomic mass is 32.2. The third-order valence-electron chi connectivity index (χ3n) is 1.54. The van der Waals surface area contributed by atoms with Gasteiger partial charge >= 0.3 is 5.97 Å². The summed E-state index contributed by atoms with van der Waals surface area (Å²) in [6, 6.07) is -0.0611. The van der Waals surface area contributed by atoms with E-state index >= 15 is 0 Å². The van der Waals surface area contributed by atoms with Gasteiger partial charge in [0, 0.05) is 0 Å². The minimum atomic E-state index is -0.245. The molecule has 0 fully saturated rings. The fourth-order valence-electron chi connectivity index (χ4n) is 0.997. The average Bonchev–Trinajstić information content (AvgIpc) is 2.30. The molecule has 0 saturated heterocycles. The van der Waals surface area contributed by atoms with Crippen molar-refractivity contribution in [2.45, 2.75) is 25.1 Å². The molecule has 0 spiro atoms. The number of rotatable bonds is 2. The second-order valence-corrected chi connectivity index (χ2v) is 3.66. The van der Waals surface area contributed by atoms with Crippen molar-refractivity contribution < 1.29 is 9.53 Å². The minimum Gasteiger partial charge on any atom is -0.465 e. The number of thioether (sulfide) groups is 1. The Hall–Kier alpha value is -0.710. The number of hydrogen-bond acceptors (Lipinski definition) is 5. The number of nitrogens with two attached hydrogens (primary N) is 1. The molecule has 1 rings (SSSR count). The lowest BCUT2D eigenvalue weighted by Gasteiger charge is -2.10. The number of carbonyl (C=O) groups excluding carboxylic acids is 1. The first-order valence-electron chi connectivity index (χ1n) is 3.81. The van der Waals surface area contributed by atoms with Gasteiger partial charge in [-0.2, -0.15) is 0 Å². The molecule has 0 bridgehead atoms. The Morgan fingerprint density at radius 3 is 2.92 bits per heavy atom. The van der Waals surface area contributed by atoms with Crippen LogP contribution in [0.3, 0.4) is 0 Å². The highest BCUT2D eigenvalue weighted by Crippen LogP contribution is 2.25. The van der Waals surface area contributed by atoms with E-state index in [2.05, 4.69) is 4.99 Å². The Morgan fingerprint density at radius 2 is 2.50 bits per heavy atom. The van der Waals surface area contributed by atoms with Gasteiger partial charge in [-0.05, 0) is 13.8 Å². The lowest BCUT2D eigenvalue weighted by molar-refractivity contribution is -0.142. The molecule has 1 aliphatic rings. The number of nitrogens with zero attached hydrogens (tertiary/aromatic N) is 1. The summed E-state index contributed by atoms with van der Waals surface area (Å²) in [5, 5.41) is 0.227. The topological polar surface area (TPSA) is 64.7 Å². The number of esters is 1. The van der Waals surface area contributed by atoms with Gasteiger partial charge in [-0.15, -0.1) is 0 Å². The maximum absolute atomic E-state index is 11.2. The lowest BCUT2D eigenvalue weighted by atomic mass is 10.2. The van der Waals surface area contributed by atoms with Crippen LogP contribution in [0.15, 0.2) is 4.99 Å². The molecule has 1 aliphatic heterocycles. The van der Waals surface area contributed by atoms with Gasteiger partial charge in [-0.25, -0.2) is 0 Å². The van der Waals surface area contributed by atoms with Crippen molar-refractivity contribution in [3.05, 3.63) is 0 Å². The molecule has 0 saturated carbocycles. The molecule has 68 valence electrons. The molecule has 0 aromatic carbocycles.